The van der Waals surface area contributed by atoms with E-state index in [1.54, 1.807) is 32.0 Å². The molecule has 0 unspecified atom stereocenters. The number of rotatable bonds is 6. The van der Waals surface area contributed by atoms with Gasteiger partial charge in [0.05, 0.1) is 17.1 Å². The van der Waals surface area contributed by atoms with Gasteiger partial charge in [-0.15, -0.1) is 13.2 Å². The van der Waals surface area contributed by atoms with Crippen molar-refractivity contribution in [2.45, 2.75) is 24.7 Å². The largest absolute Gasteiger partial charge is 0.573 e. The molecule has 0 bridgehead atoms. The number of alkyl halides is 3. The number of aryl methyl sites for hydroxylation is 1. The van der Waals surface area contributed by atoms with Gasteiger partial charge in [-0.1, -0.05) is 0 Å². The van der Waals surface area contributed by atoms with Crippen molar-refractivity contribution in [2.24, 2.45) is 0 Å². The second-order valence-corrected chi connectivity index (χ2v) is 7.31. The van der Waals surface area contributed by atoms with E-state index in [0.717, 1.165) is 24.3 Å². The summed E-state index contributed by atoms with van der Waals surface area (Å²) in [7, 11) is -0.411. The van der Waals surface area contributed by atoms with Crippen LogP contribution in [0.2, 0.25) is 0 Å². The lowest BCUT2D eigenvalue weighted by atomic mass is 10.3. The Morgan fingerprint density at radius 3 is 2.31 bits per heavy atom. The number of anilines is 1. The molecule has 2 rings (SSSR count). The van der Waals surface area contributed by atoms with E-state index < -0.39 is 22.1 Å². The van der Waals surface area contributed by atoms with Crippen molar-refractivity contribution in [1.82, 2.24) is 14.7 Å². The van der Waals surface area contributed by atoms with Crippen LogP contribution < -0.4 is 14.4 Å². The number of aromatic nitrogens is 2. The lowest BCUT2D eigenvalue weighted by Crippen LogP contribution is -2.24. The minimum absolute atomic E-state index is 0.0899. The number of nitrogens with zero attached hydrogens (tertiary/aromatic N) is 3. The van der Waals surface area contributed by atoms with Crippen LogP contribution in [-0.2, 0) is 16.6 Å². The molecule has 11 heteroatoms. The molecule has 1 N–H and O–H groups in total. The highest BCUT2D eigenvalue weighted by atomic mass is 32.2. The number of nitrogens with one attached hydrogen (secondary N) is 1. The highest BCUT2D eigenvalue weighted by Gasteiger charge is 2.31. The highest BCUT2D eigenvalue weighted by Crippen LogP contribution is 2.23. The number of halogens is 3. The first-order valence-electron chi connectivity index (χ1n) is 7.34. The van der Waals surface area contributed by atoms with Crippen molar-refractivity contribution in [1.29, 1.82) is 0 Å². The number of hydrogen-bond acceptors (Lipinski definition) is 6. The summed E-state index contributed by atoms with van der Waals surface area (Å²) in [6.45, 7) is 1.67. The molecular formula is C15H17F3N4O3S. The van der Waals surface area contributed by atoms with Crippen LogP contribution in [-0.4, -0.2) is 38.8 Å². The number of benzene rings is 1. The minimum Gasteiger partial charge on any atom is -0.406 e. The van der Waals surface area contributed by atoms with Gasteiger partial charge < -0.3 is 9.64 Å². The van der Waals surface area contributed by atoms with Crippen molar-refractivity contribution in [3.63, 3.8) is 0 Å². The molecule has 26 heavy (non-hydrogen) atoms. The Morgan fingerprint density at radius 2 is 1.77 bits per heavy atom. The van der Waals surface area contributed by atoms with Crippen LogP contribution in [0.1, 0.15) is 11.4 Å². The van der Waals surface area contributed by atoms with Crippen molar-refractivity contribution < 1.29 is 26.3 Å². The second-order valence-electron chi connectivity index (χ2n) is 5.54. The van der Waals surface area contributed by atoms with Crippen LogP contribution >= 0.6 is 0 Å². The smallest absolute Gasteiger partial charge is 0.406 e. The standard InChI is InChI=1S/C15H17F3N4O3S/c1-10-8-11(21-14(20-10)22(2)3)9-19-26(23,24)13-6-4-12(5-7-13)25-15(16,17)18/h4-8,19H,9H2,1-3H3. The van der Waals surface area contributed by atoms with Gasteiger partial charge in [0.2, 0.25) is 16.0 Å². The molecule has 142 valence electrons. The molecule has 0 radical (unpaired) electrons. The lowest BCUT2D eigenvalue weighted by molar-refractivity contribution is -0.274. The topological polar surface area (TPSA) is 84.4 Å². The average molecular weight is 390 g/mol. The van der Waals surface area contributed by atoms with Gasteiger partial charge in [0.25, 0.3) is 0 Å². The molecule has 7 nitrogen and oxygen atoms in total. The first kappa shape index (κ1) is 19.9. The molecule has 0 aliphatic heterocycles. The van der Waals surface area contributed by atoms with Crippen LogP contribution in [0.15, 0.2) is 35.2 Å². The van der Waals surface area contributed by atoms with Gasteiger partial charge in [-0.25, -0.2) is 23.1 Å². The molecule has 0 fully saturated rings. The van der Waals surface area contributed by atoms with Crippen LogP contribution in [0, 0.1) is 6.92 Å². The van der Waals surface area contributed by atoms with Gasteiger partial charge in [-0.3, -0.25) is 0 Å². The monoisotopic (exact) mass is 390 g/mol. The zero-order valence-electron chi connectivity index (χ0n) is 14.2. The predicted molar refractivity (Wildman–Crippen MR) is 88.2 cm³/mol. The first-order chi connectivity index (χ1) is 12.0. The normalized spacial score (nSPS) is 12.1. The van der Waals surface area contributed by atoms with E-state index in [2.05, 4.69) is 19.4 Å². The lowest BCUT2D eigenvalue weighted by Gasteiger charge is -2.13. The van der Waals surface area contributed by atoms with Gasteiger partial charge >= 0.3 is 6.36 Å². The zero-order valence-corrected chi connectivity index (χ0v) is 15.0. The number of hydrogen-bond donors (Lipinski definition) is 1. The summed E-state index contributed by atoms with van der Waals surface area (Å²) in [6.07, 6.45) is -4.84. The van der Waals surface area contributed by atoms with Gasteiger partial charge in [-0.2, -0.15) is 0 Å². The SMILES string of the molecule is Cc1cc(CNS(=O)(=O)c2ccc(OC(F)(F)F)cc2)nc(N(C)C)n1. The summed E-state index contributed by atoms with van der Waals surface area (Å²) in [5.41, 5.74) is 1.13. The Kier molecular flexibility index (Phi) is 5.71. The number of sulfonamides is 1. The number of ether oxygens (including phenoxy) is 1. The summed E-state index contributed by atoms with van der Waals surface area (Å²) in [5, 5.41) is 0. The average Bonchev–Trinajstić information content (AvgIpc) is 2.51. The van der Waals surface area contributed by atoms with Gasteiger partial charge in [0, 0.05) is 19.8 Å². The molecule has 0 aliphatic rings. The molecule has 0 aliphatic carbocycles. The minimum atomic E-state index is -4.84. The third-order valence-corrected chi connectivity index (χ3v) is 4.52. The molecule has 0 saturated heterocycles. The molecular weight excluding hydrogens is 373 g/mol. The van der Waals surface area contributed by atoms with E-state index in [9.17, 15) is 21.6 Å². The quantitative estimate of drug-likeness (QED) is 0.814. The maximum atomic E-state index is 12.3. The summed E-state index contributed by atoms with van der Waals surface area (Å²) in [4.78, 5) is 9.93. The Labute approximate surface area is 148 Å². The Morgan fingerprint density at radius 1 is 1.15 bits per heavy atom. The molecule has 1 aromatic carbocycles. The summed E-state index contributed by atoms with van der Waals surface area (Å²) in [5.74, 6) is -0.0636. The fraction of sp³-hybridized carbons (Fsp3) is 0.333. The molecule has 0 atom stereocenters. The van der Waals surface area contributed by atoms with E-state index in [1.807, 2.05) is 0 Å². The fourth-order valence-electron chi connectivity index (χ4n) is 1.98. The van der Waals surface area contributed by atoms with Crippen LogP contribution in [0.5, 0.6) is 5.75 Å². The van der Waals surface area contributed by atoms with Crippen molar-refractivity contribution in [3.05, 3.63) is 41.7 Å². The Bertz CT molecular complexity index is 869. The third kappa shape index (κ3) is 5.56. The van der Waals surface area contributed by atoms with Crippen LogP contribution in [0.4, 0.5) is 19.1 Å². The molecule has 1 aromatic heterocycles. The van der Waals surface area contributed by atoms with Crippen LogP contribution in [0.25, 0.3) is 0 Å². The van der Waals surface area contributed by atoms with Gasteiger partial charge in [0.15, 0.2) is 0 Å². The van der Waals surface area contributed by atoms with E-state index in [0.29, 0.717) is 17.3 Å². The Hall–Kier alpha value is -2.40. The fourth-order valence-corrected chi connectivity index (χ4v) is 2.98. The van der Waals surface area contributed by atoms with E-state index in [1.165, 1.54) is 0 Å². The molecule has 0 saturated carbocycles. The maximum absolute atomic E-state index is 12.3. The molecule has 0 amide bonds. The molecule has 1 heterocycles. The van der Waals surface area contributed by atoms with E-state index in [-0.39, 0.29) is 11.4 Å². The third-order valence-electron chi connectivity index (χ3n) is 3.11. The van der Waals surface area contributed by atoms with Gasteiger partial charge in [-0.05, 0) is 37.3 Å². The zero-order chi connectivity index (χ0) is 19.5. The molecule has 0 spiro atoms. The van der Waals surface area contributed by atoms with Crippen molar-refractivity contribution >= 4 is 16.0 Å². The summed E-state index contributed by atoms with van der Waals surface area (Å²) in [6, 6.07) is 5.55. The predicted octanol–water partition coefficient (Wildman–Crippen LogP) is 2.23. The summed E-state index contributed by atoms with van der Waals surface area (Å²) < 4.78 is 67.0. The van der Waals surface area contributed by atoms with E-state index >= 15 is 0 Å². The maximum Gasteiger partial charge on any atom is 0.573 e. The Balaban J connectivity index is 2.12. The second kappa shape index (κ2) is 7.46. The van der Waals surface area contributed by atoms with Crippen LogP contribution in [0.3, 0.4) is 0 Å². The highest BCUT2D eigenvalue weighted by molar-refractivity contribution is 7.89. The van der Waals surface area contributed by atoms with E-state index in [4.69, 9.17) is 0 Å². The molecule has 2 aromatic rings. The van der Waals surface area contributed by atoms with Crippen molar-refractivity contribution in [3.8, 4) is 5.75 Å². The van der Waals surface area contributed by atoms with Crippen molar-refractivity contribution in [2.75, 3.05) is 19.0 Å². The van der Waals surface area contributed by atoms with Gasteiger partial charge in [0.1, 0.15) is 5.75 Å². The summed E-state index contributed by atoms with van der Waals surface area (Å²) >= 11 is 0. The first-order valence-corrected chi connectivity index (χ1v) is 8.82.